The molecule has 2 rings (SSSR count). The highest BCUT2D eigenvalue weighted by Gasteiger charge is 2.06. The Labute approximate surface area is 127 Å². The molecular weight excluding hydrogens is 260 g/mol. The van der Waals surface area contributed by atoms with Gasteiger partial charge >= 0.3 is 0 Å². The molecule has 112 valence electrons. The second-order valence-corrected chi connectivity index (χ2v) is 5.67. The van der Waals surface area contributed by atoms with Crippen molar-refractivity contribution >= 4 is 17.5 Å². The molecule has 0 fully saturated rings. The van der Waals surface area contributed by atoms with E-state index in [1.54, 1.807) is 0 Å². The van der Waals surface area contributed by atoms with Crippen LogP contribution in [0.2, 0.25) is 0 Å². The van der Waals surface area contributed by atoms with Gasteiger partial charge in [-0.1, -0.05) is 13.0 Å². The van der Waals surface area contributed by atoms with Crippen LogP contribution in [0.3, 0.4) is 0 Å². The van der Waals surface area contributed by atoms with E-state index in [1.165, 1.54) is 11.1 Å². The van der Waals surface area contributed by atoms with Crippen LogP contribution in [0.4, 0.5) is 17.5 Å². The first kappa shape index (κ1) is 15.3. The van der Waals surface area contributed by atoms with Crippen molar-refractivity contribution in [1.29, 1.82) is 0 Å². The molecule has 1 aromatic carbocycles. The average Bonchev–Trinajstić information content (AvgIpc) is 2.36. The van der Waals surface area contributed by atoms with Crippen LogP contribution in [-0.4, -0.2) is 16.0 Å². The van der Waals surface area contributed by atoms with E-state index < -0.39 is 0 Å². The summed E-state index contributed by atoms with van der Waals surface area (Å²) in [6, 6.07) is 8.71. The molecule has 0 aliphatic heterocycles. The normalized spacial score (nSPS) is 12.0. The van der Waals surface area contributed by atoms with Crippen LogP contribution >= 0.6 is 0 Å². The fourth-order valence-corrected chi connectivity index (χ4v) is 2.23. The van der Waals surface area contributed by atoms with E-state index >= 15 is 0 Å². The Morgan fingerprint density at radius 1 is 1.00 bits per heavy atom. The maximum Gasteiger partial charge on any atom is 0.229 e. The number of aromatic nitrogens is 2. The van der Waals surface area contributed by atoms with Crippen LogP contribution in [0, 0.1) is 20.8 Å². The highest BCUT2D eigenvalue weighted by atomic mass is 15.1. The van der Waals surface area contributed by atoms with E-state index in [2.05, 4.69) is 66.5 Å². The van der Waals surface area contributed by atoms with Gasteiger partial charge in [0.1, 0.15) is 5.82 Å². The summed E-state index contributed by atoms with van der Waals surface area (Å²) in [6.45, 7) is 10.5. The summed E-state index contributed by atoms with van der Waals surface area (Å²) in [4.78, 5) is 9.00. The van der Waals surface area contributed by atoms with E-state index in [9.17, 15) is 0 Å². The SMILES string of the molecule is CCC(C)Nc1cc(C)nc(Nc2cc(C)cc(C)c2)n1. The molecular formula is C17H24N4. The molecule has 1 unspecified atom stereocenters. The maximum atomic E-state index is 4.54. The van der Waals surface area contributed by atoms with Crippen LogP contribution in [0.1, 0.15) is 37.1 Å². The van der Waals surface area contributed by atoms with Crippen LogP contribution in [0.15, 0.2) is 24.3 Å². The van der Waals surface area contributed by atoms with Gasteiger partial charge < -0.3 is 10.6 Å². The lowest BCUT2D eigenvalue weighted by molar-refractivity contribution is 0.758. The predicted molar refractivity (Wildman–Crippen MR) is 89.3 cm³/mol. The number of rotatable bonds is 5. The molecule has 1 aromatic heterocycles. The minimum Gasteiger partial charge on any atom is -0.367 e. The Morgan fingerprint density at radius 2 is 1.67 bits per heavy atom. The number of nitrogens with one attached hydrogen (secondary N) is 2. The fraction of sp³-hybridized carbons (Fsp3) is 0.412. The van der Waals surface area contributed by atoms with Crippen molar-refractivity contribution in [1.82, 2.24) is 9.97 Å². The summed E-state index contributed by atoms with van der Waals surface area (Å²) in [5, 5.41) is 6.69. The van der Waals surface area contributed by atoms with Gasteiger partial charge in [-0.3, -0.25) is 0 Å². The van der Waals surface area contributed by atoms with Crippen molar-refractivity contribution in [3.63, 3.8) is 0 Å². The Kier molecular flexibility index (Phi) is 4.78. The molecule has 1 atom stereocenters. The smallest absolute Gasteiger partial charge is 0.229 e. The second kappa shape index (κ2) is 6.57. The van der Waals surface area contributed by atoms with Crippen molar-refractivity contribution in [2.24, 2.45) is 0 Å². The minimum atomic E-state index is 0.397. The van der Waals surface area contributed by atoms with Crippen LogP contribution in [0.5, 0.6) is 0 Å². The molecule has 0 aliphatic carbocycles. The molecule has 0 aliphatic rings. The number of hydrogen-bond donors (Lipinski definition) is 2. The topological polar surface area (TPSA) is 49.8 Å². The van der Waals surface area contributed by atoms with Crippen molar-refractivity contribution in [3.8, 4) is 0 Å². The third-order valence-electron chi connectivity index (χ3n) is 3.34. The Bertz CT molecular complexity index is 602. The van der Waals surface area contributed by atoms with Crippen LogP contribution in [-0.2, 0) is 0 Å². The molecule has 2 aromatic rings. The van der Waals surface area contributed by atoms with Gasteiger partial charge in [-0.2, -0.15) is 4.98 Å². The summed E-state index contributed by atoms with van der Waals surface area (Å²) in [6.07, 6.45) is 1.06. The van der Waals surface area contributed by atoms with Crippen molar-refractivity contribution in [2.45, 2.75) is 47.1 Å². The van der Waals surface area contributed by atoms with Crippen LogP contribution < -0.4 is 10.6 Å². The summed E-state index contributed by atoms with van der Waals surface area (Å²) < 4.78 is 0. The quantitative estimate of drug-likeness (QED) is 0.856. The van der Waals surface area contributed by atoms with E-state index in [0.29, 0.717) is 12.0 Å². The lowest BCUT2D eigenvalue weighted by Gasteiger charge is -2.14. The zero-order chi connectivity index (χ0) is 15.4. The first-order valence-corrected chi connectivity index (χ1v) is 7.44. The minimum absolute atomic E-state index is 0.397. The molecule has 0 bridgehead atoms. The lowest BCUT2D eigenvalue weighted by Crippen LogP contribution is -2.15. The molecule has 0 spiro atoms. The third kappa shape index (κ3) is 4.45. The average molecular weight is 284 g/mol. The molecule has 2 N–H and O–H groups in total. The van der Waals surface area contributed by atoms with E-state index in [-0.39, 0.29) is 0 Å². The van der Waals surface area contributed by atoms with E-state index in [0.717, 1.165) is 23.6 Å². The Morgan fingerprint density at radius 3 is 2.29 bits per heavy atom. The summed E-state index contributed by atoms with van der Waals surface area (Å²) in [5.41, 5.74) is 4.42. The highest BCUT2D eigenvalue weighted by Crippen LogP contribution is 2.19. The summed E-state index contributed by atoms with van der Waals surface area (Å²) >= 11 is 0. The van der Waals surface area contributed by atoms with Crippen molar-refractivity contribution in [3.05, 3.63) is 41.1 Å². The first-order chi connectivity index (χ1) is 9.96. The van der Waals surface area contributed by atoms with E-state index in [4.69, 9.17) is 0 Å². The molecule has 1 heterocycles. The Balaban J connectivity index is 2.23. The largest absolute Gasteiger partial charge is 0.367 e. The van der Waals surface area contributed by atoms with Crippen LogP contribution in [0.25, 0.3) is 0 Å². The standard InChI is InChI=1S/C17H24N4/c1-6-13(4)18-16-10-14(5)19-17(21-16)20-15-8-11(2)7-12(3)9-15/h7-10,13H,6H2,1-5H3,(H2,18,19,20,21). The highest BCUT2D eigenvalue weighted by molar-refractivity contribution is 5.57. The van der Waals surface area contributed by atoms with Gasteiger partial charge in [0, 0.05) is 23.5 Å². The third-order valence-corrected chi connectivity index (χ3v) is 3.34. The van der Waals surface area contributed by atoms with Gasteiger partial charge in [-0.15, -0.1) is 0 Å². The van der Waals surface area contributed by atoms with Gasteiger partial charge in [0.25, 0.3) is 0 Å². The predicted octanol–water partition coefficient (Wildman–Crippen LogP) is 4.36. The fourth-order valence-electron chi connectivity index (χ4n) is 2.23. The van der Waals surface area contributed by atoms with Gasteiger partial charge in [0.05, 0.1) is 0 Å². The molecule has 0 radical (unpaired) electrons. The monoisotopic (exact) mass is 284 g/mol. The zero-order valence-corrected chi connectivity index (χ0v) is 13.5. The van der Waals surface area contributed by atoms with Crippen molar-refractivity contribution < 1.29 is 0 Å². The van der Waals surface area contributed by atoms with Gasteiger partial charge in [0.2, 0.25) is 5.95 Å². The molecule has 0 amide bonds. The number of benzene rings is 1. The van der Waals surface area contributed by atoms with E-state index in [1.807, 2.05) is 13.0 Å². The molecule has 0 saturated heterocycles. The molecule has 0 saturated carbocycles. The van der Waals surface area contributed by atoms with Gasteiger partial charge in [0.15, 0.2) is 0 Å². The first-order valence-electron chi connectivity index (χ1n) is 7.44. The number of anilines is 3. The number of nitrogens with zero attached hydrogens (tertiary/aromatic N) is 2. The second-order valence-electron chi connectivity index (χ2n) is 5.67. The Hall–Kier alpha value is -2.10. The van der Waals surface area contributed by atoms with Gasteiger partial charge in [-0.05, 0) is 57.4 Å². The van der Waals surface area contributed by atoms with Crippen molar-refractivity contribution in [2.75, 3.05) is 10.6 Å². The number of hydrogen-bond acceptors (Lipinski definition) is 4. The molecule has 4 nitrogen and oxygen atoms in total. The van der Waals surface area contributed by atoms with Gasteiger partial charge in [-0.25, -0.2) is 4.98 Å². The molecule has 21 heavy (non-hydrogen) atoms. The molecule has 4 heteroatoms. The lowest BCUT2D eigenvalue weighted by atomic mass is 10.1. The summed E-state index contributed by atoms with van der Waals surface area (Å²) in [5.74, 6) is 1.49. The number of aryl methyl sites for hydroxylation is 3. The summed E-state index contributed by atoms with van der Waals surface area (Å²) in [7, 11) is 0. The zero-order valence-electron chi connectivity index (χ0n) is 13.5. The maximum absolute atomic E-state index is 4.54.